The summed E-state index contributed by atoms with van der Waals surface area (Å²) in [6, 6.07) is 6.66. The molecule has 0 unspecified atom stereocenters. The van der Waals surface area contributed by atoms with Gasteiger partial charge in [-0.1, -0.05) is 12.1 Å². The third-order valence-corrected chi connectivity index (χ3v) is 3.62. The molecule has 0 aliphatic rings. The Hall–Kier alpha value is -3.50. The largest absolute Gasteiger partial charge is 0.416 e. The fourth-order valence-corrected chi connectivity index (χ4v) is 2.29. The predicted octanol–water partition coefficient (Wildman–Crippen LogP) is 3.79. The van der Waals surface area contributed by atoms with E-state index in [1.807, 2.05) is 0 Å². The standard InChI is InChI=1S/C16H12F3N3O5/c1-20(9-10-2-4-12(5-3-10)16(17,18)19)15(23)11-6-13(21(24)25)8-14(7-11)22(26)27/h2-8H,9H2,1H3. The normalized spacial score (nSPS) is 11.1. The van der Waals surface area contributed by atoms with Gasteiger partial charge in [0.1, 0.15) is 0 Å². The van der Waals surface area contributed by atoms with Gasteiger partial charge in [0.2, 0.25) is 0 Å². The lowest BCUT2D eigenvalue weighted by Gasteiger charge is -2.17. The third kappa shape index (κ3) is 4.77. The summed E-state index contributed by atoms with van der Waals surface area (Å²) in [6.45, 7) is -0.0898. The molecule has 0 atom stereocenters. The maximum absolute atomic E-state index is 12.6. The highest BCUT2D eigenvalue weighted by molar-refractivity contribution is 5.95. The van der Waals surface area contributed by atoms with Crippen molar-refractivity contribution >= 4 is 17.3 Å². The molecular formula is C16H12F3N3O5. The summed E-state index contributed by atoms with van der Waals surface area (Å²) >= 11 is 0. The molecule has 0 heterocycles. The van der Waals surface area contributed by atoms with Crippen molar-refractivity contribution in [2.24, 2.45) is 0 Å². The molecule has 0 fully saturated rings. The van der Waals surface area contributed by atoms with Crippen LogP contribution in [0, 0.1) is 20.2 Å². The van der Waals surface area contributed by atoms with Gasteiger partial charge in [-0.25, -0.2) is 0 Å². The molecule has 0 aliphatic carbocycles. The van der Waals surface area contributed by atoms with Crippen molar-refractivity contribution in [1.82, 2.24) is 4.90 Å². The van der Waals surface area contributed by atoms with Crippen molar-refractivity contribution in [2.75, 3.05) is 7.05 Å². The van der Waals surface area contributed by atoms with Crippen LogP contribution < -0.4 is 0 Å². The fourth-order valence-electron chi connectivity index (χ4n) is 2.29. The summed E-state index contributed by atoms with van der Waals surface area (Å²) in [5.74, 6) is -0.748. The van der Waals surface area contributed by atoms with Crippen LogP contribution in [-0.4, -0.2) is 27.7 Å². The Morgan fingerprint density at radius 3 is 1.89 bits per heavy atom. The number of nitrogens with zero attached hydrogens (tertiary/aromatic N) is 3. The quantitative estimate of drug-likeness (QED) is 0.577. The van der Waals surface area contributed by atoms with Crippen LogP contribution in [-0.2, 0) is 12.7 Å². The van der Waals surface area contributed by atoms with Crippen LogP contribution in [0.5, 0.6) is 0 Å². The van der Waals surface area contributed by atoms with Crippen molar-refractivity contribution in [3.05, 3.63) is 79.4 Å². The Balaban J connectivity index is 2.24. The lowest BCUT2D eigenvalue weighted by Crippen LogP contribution is -2.26. The second-order valence-electron chi connectivity index (χ2n) is 5.61. The molecule has 2 aromatic rings. The van der Waals surface area contributed by atoms with E-state index in [9.17, 15) is 38.2 Å². The van der Waals surface area contributed by atoms with Gasteiger partial charge in [-0.05, 0) is 17.7 Å². The number of nitro benzene ring substituents is 2. The van der Waals surface area contributed by atoms with Crippen molar-refractivity contribution < 1.29 is 27.8 Å². The van der Waals surface area contributed by atoms with Gasteiger partial charge < -0.3 is 4.90 Å². The second kappa shape index (κ2) is 7.40. The number of hydrogen-bond acceptors (Lipinski definition) is 5. The van der Waals surface area contributed by atoms with Gasteiger partial charge in [0.15, 0.2) is 0 Å². The fraction of sp³-hybridized carbons (Fsp3) is 0.188. The summed E-state index contributed by atoms with van der Waals surface area (Å²) in [4.78, 5) is 33.6. The van der Waals surface area contributed by atoms with Crippen LogP contribution in [0.2, 0.25) is 0 Å². The van der Waals surface area contributed by atoms with E-state index in [-0.39, 0.29) is 12.1 Å². The maximum Gasteiger partial charge on any atom is 0.416 e. The molecule has 0 bridgehead atoms. The van der Waals surface area contributed by atoms with Crippen LogP contribution in [0.15, 0.2) is 42.5 Å². The Morgan fingerprint density at radius 1 is 1.00 bits per heavy atom. The van der Waals surface area contributed by atoms with Crippen LogP contribution in [0.25, 0.3) is 0 Å². The second-order valence-corrected chi connectivity index (χ2v) is 5.61. The van der Waals surface area contributed by atoms with Gasteiger partial charge in [0, 0.05) is 25.7 Å². The van der Waals surface area contributed by atoms with E-state index in [2.05, 4.69) is 0 Å². The predicted molar refractivity (Wildman–Crippen MR) is 87.0 cm³/mol. The van der Waals surface area contributed by atoms with Gasteiger partial charge in [-0.15, -0.1) is 0 Å². The van der Waals surface area contributed by atoms with Crippen molar-refractivity contribution in [2.45, 2.75) is 12.7 Å². The zero-order valence-corrected chi connectivity index (χ0v) is 13.8. The molecule has 11 heteroatoms. The molecule has 0 aliphatic heterocycles. The van der Waals surface area contributed by atoms with Gasteiger partial charge in [-0.3, -0.25) is 25.0 Å². The number of amides is 1. The van der Waals surface area contributed by atoms with E-state index in [0.717, 1.165) is 35.2 Å². The topological polar surface area (TPSA) is 107 Å². The smallest absolute Gasteiger partial charge is 0.337 e. The number of carbonyl (C=O) groups is 1. The SMILES string of the molecule is CN(Cc1ccc(C(F)(F)F)cc1)C(=O)c1cc([N+](=O)[O-])cc([N+](=O)[O-])c1. The molecule has 1 amide bonds. The third-order valence-electron chi connectivity index (χ3n) is 3.62. The number of carbonyl (C=O) groups excluding carboxylic acids is 1. The number of halogens is 3. The van der Waals surface area contributed by atoms with E-state index >= 15 is 0 Å². The van der Waals surface area contributed by atoms with Crippen LogP contribution >= 0.6 is 0 Å². The highest BCUT2D eigenvalue weighted by Gasteiger charge is 2.30. The van der Waals surface area contributed by atoms with E-state index in [0.29, 0.717) is 5.56 Å². The molecule has 0 spiro atoms. The maximum atomic E-state index is 12.6. The number of benzene rings is 2. The molecule has 0 aromatic heterocycles. The molecule has 2 aromatic carbocycles. The minimum atomic E-state index is -4.48. The number of hydrogen-bond donors (Lipinski definition) is 0. The Bertz CT molecular complexity index is 865. The average Bonchev–Trinajstić information content (AvgIpc) is 2.60. The van der Waals surface area contributed by atoms with E-state index in [1.54, 1.807) is 0 Å². The Morgan fingerprint density at radius 2 is 1.48 bits per heavy atom. The van der Waals surface area contributed by atoms with Crippen LogP contribution in [0.4, 0.5) is 24.5 Å². The minimum absolute atomic E-state index is 0.0898. The number of nitro groups is 2. The van der Waals surface area contributed by atoms with Crippen molar-refractivity contribution in [3.8, 4) is 0 Å². The monoisotopic (exact) mass is 383 g/mol. The van der Waals surface area contributed by atoms with Crippen molar-refractivity contribution in [1.29, 1.82) is 0 Å². The van der Waals surface area contributed by atoms with Gasteiger partial charge >= 0.3 is 6.18 Å². The summed E-state index contributed by atoms with van der Waals surface area (Å²) in [5.41, 5.74) is -1.95. The van der Waals surface area contributed by atoms with E-state index in [1.165, 1.54) is 19.2 Å². The highest BCUT2D eigenvalue weighted by atomic mass is 19.4. The summed E-state index contributed by atoms with van der Waals surface area (Å²) in [7, 11) is 1.32. The first kappa shape index (κ1) is 19.8. The lowest BCUT2D eigenvalue weighted by molar-refractivity contribution is -0.394. The first-order chi connectivity index (χ1) is 12.5. The van der Waals surface area contributed by atoms with E-state index < -0.39 is 38.9 Å². The lowest BCUT2D eigenvalue weighted by atomic mass is 10.1. The first-order valence-electron chi connectivity index (χ1n) is 7.34. The summed E-state index contributed by atoms with van der Waals surface area (Å²) in [6.07, 6.45) is -4.48. The van der Waals surface area contributed by atoms with Crippen LogP contribution in [0.1, 0.15) is 21.5 Å². The average molecular weight is 383 g/mol. The summed E-state index contributed by atoms with van der Waals surface area (Å²) < 4.78 is 37.7. The Kier molecular flexibility index (Phi) is 5.43. The molecule has 27 heavy (non-hydrogen) atoms. The molecule has 0 saturated carbocycles. The minimum Gasteiger partial charge on any atom is -0.337 e. The molecule has 0 N–H and O–H groups in total. The molecular weight excluding hydrogens is 371 g/mol. The Labute approximate surface area is 150 Å². The van der Waals surface area contributed by atoms with E-state index in [4.69, 9.17) is 0 Å². The highest BCUT2D eigenvalue weighted by Crippen LogP contribution is 2.29. The molecule has 0 saturated heterocycles. The first-order valence-corrected chi connectivity index (χ1v) is 7.34. The van der Waals surface area contributed by atoms with Gasteiger partial charge in [0.25, 0.3) is 17.3 Å². The number of rotatable bonds is 5. The molecule has 2 rings (SSSR count). The molecule has 8 nitrogen and oxygen atoms in total. The number of alkyl halides is 3. The van der Waals surface area contributed by atoms with Gasteiger partial charge in [-0.2, -0.15) is 13.2 Å². The molecule has 142 valence electrons. The summed E-state index contributed by atoms with van der Waals surface area (Å²) in [5, 5.41) is 21.8. The van der Waals surface area contributed by atoms with Gasteiger partial charge in [0.05, 0.1) is 27.0 Å². The van der Waals surface area contributed by atoms with Crippen LogP contribution in [0.3, 0.4) is 0 Å². The molecule has 0 radical (unpaired) electrons. The zero-order chi connectivity index (χ0) is 20.4. The van der Waals surface area contributed by atoms with Crippen molar-refractivity contribution in [3.63, 3.8) is 0 Å². The zero-order valence-electron chi connectivity index (χ0n) is 13.8. The number of non-ortho nitro benzene ring substituents is 2.